The molecule has 0 bridgehead atoms. The molecule has 1 aromatic carbocycles. The van der Waals surface area contributed by atoms with Crippen LogP contribution in [0.15, 0.2) is 24.3 Å². The predicted octanol–water partition coefficient (Wildman–Crippen LogP) is 3.62. The Morgan fingerprint density at radius 2 is 1.95 bits per heavy atom. The summed E-state index contributed by atoms with van der Waals surface area (Å²) in [5.74, 6) is 0.346. The lowest BCUT2D eigenvalue weighted by Crippen LogP contribution is -2.49. The van der Waals surface area contributed by atoms with Crippen molar-refractivity contribution in [3.63, 3.8) is 0 Å². The maximum absolute atomic E-state index is 13.3. The fraction of sp³-hybridized carbons (Fsp3) is 0.562. The van der Waals surface area contributed by atoms with Gasteiger partial charge in [0.1, 0.15) is 5.82 Å². The van der Waals surface area contributed by atoms with E-state index in [1.54, 1.807) is 12.1 Å². The first kappa shape index (κ1) is 12.6. The van der Waals surface area contributed by atoms with Gasteiger partial charge in [0.25, 0.3) is 5.91 Å². The van der Waals surface area contributed by atoms with Crippen LogP contribution in [0.2, 0.25) is 0 Å². The fourth-order valence-electron chi connectivity index (χ4n) is 3.66. The van der Waals surface area contributed by atoms with Gasteiger partial charge in [-0.3, -0.25) is 4.79 Å². The number of hydrogen-bond acceptors (Lipinski definition) is 1. The minimum absolute atomic E-state index is 0.0103. The summed E-state index contributed by atoms with van der Waals surface area (Å²) >= 11 is 0. The van der Waals surface area contributed by atoms with Crippen LogP contribution in [0.3, 0.4) is 0 Å². The van der Waals surface area contributed by atoms with E-state index in [2.05, 4.69) is 0 Å². The van der Waals surface area contributed by atoms with Gasteiger partial charge in [-0.1, -0.05) is 18.9 Å². The van der Waals surface area contributed by atoms with E-state index in [0.717, 1.165) is 19.4 Å². The first-order chi connectivity index (χ1) is 9.25. The molecule has 2 fully saturated rings. The molecule has 19 heavy (non-hydrogen) atoms. The maximum Gasteiger partial charge on any atom is 0.254 e. The Morgan fingerprint density at radius 1 is 1.16 bits per heavy atom. The number of rotatable bonds is 1. The van der Waals surface area contributed by atoms with Crippen molar-refractivity contribution in [2.45, 2.75) is 44.6 Å². The Labute approximate surface area is 113 Å². The van der Waals surface area contributed by atoms with Gasteiger partial charge in [-0.05, 0) is 49.8 Å². The number of carbonyl (C=O) groups is 1. The van der Waals surface area contributed by atoms with Crippen LogP contribution in [0, 0.1) is 11.7 Å². The summed E-state index contributed by atoms with van der Waals surface area (Å²) in [5.41, 5.74) is 0.492. The zero-order valence-corrected chi connectivity index (χ0v) is 11.1. The molecule has 1 aromatic rings. The molecule has 102 valence electrons. The van der Waals surface area contributed by atoms with E-state index in [1.807, 2.05) is 4.90 Å². The molecule has 1 saturated heterocycles. The summed E-state index contributed by atoms with van der Waals surface area (Å²) in [6.07, 6.45) is 7.21. The van der Waals surface area contributed by atoms with Gasteiger partial charge in [-0.25, -0.2) is 4.39 Å². The lowest BCUT2D eigenvalue weighted by molar-refractivity contribution is 0.0390. The number of nitrogens with zero attached hydrogens (tertiary/aromatic N) is 1. The van der Waals surface area contributed by atoms with Gasteiger partial charge in [0.2, 0.25) is 0 Å². The van der Waals surface area contributed by atoms with Crippen LogP contribution in [-0.4, -0.2) is 23.4 Å². The number of carbonyl (C=O) groups excluding carboxylic acids is 1. The van der Waals surface area contributed by atoms with E-state index < -0.39 is 0 Å². The predicted molar refractivity (Wildman–Crippen MR) is 72.4 cm³/mol. The van der Waals surface area contributed by atoms with Crippen LogP contribution in [0.4, 0.5) is 4.39 Å². The van der Waals surface area contributed by atoms with Crippen LogP contribution in [0.1, 0.15) is 48.9 Å². The van der Waals surface area contributed by atoms with Crippen molar-refractivity contribution in [3.05, 3.63) is 35.6 Å². The highest BCUT2D eigenvalue weighted by Gasteiger charge is 2.35. The molecule has 2 aliphatic rings. The third-order valence-electron chi connectivity index (χ3n) is 4.58. The molecule has 0 N–H and O–H groups in total. The van der Waals surface area contributed by atoms with Crippen LogP contribution < -0.4 is 0 Å². The molecule has 1 saturated carbocycles. The summed E-state index contributed by atoms with van der Waals surface area (Å²) < 4.78 is 13.3. The van der Waals surface area contributed by atoms with Crippen LogP contribution in [0.25, 0.3) is 0 Å². The summed E-state index contributed by atoms with van der Waals surface area (Å²) in [4.78, 5) is 14.6. The van der Waals surface area contributed by atoms with Crippen molar-refractivity contribution in [2.75, 3.05) is 6.54 Å². The van der Waals surface area contributed by atoms with E-state index in [-0.39, 0.29) is 11.7 Å². The fourth-order valence-corrected chi connectivity index (χ4v) is 3.66. The highest BCUT2D eigenvalue weighted by Crippen LogP contribution is 2.35. The van der Waals surface area contributed by atoms with Gasteiger partial charge in [0, 0.05) is 18.2 Å². The molecule has 1 heterocycles. The number of amides is 1. The number of halogens is 1. The third kappa shape index (κ3) is 2.51. The first-order valence-corrected chi connectivity index (χ1v) is 7.32. The Kier molecular flexibility index (Phi) is 3.54. The van der Waals surface area contributed by atoms with Crippen LogP contribution in [0.5, 0.6) is 0 Å². The molecule has 0 aromatic heterocycles. The molecule has 1 aliphatic carbocycles. The Bertz CT molecular complexity index is 472. The molecule has 0 spiro atoms. The summed E-state index contributed by atoms with van der Waals surface area (Å²) in [5, 5.41) is 0. The van der Waals surface area contributed by atoms with Gasteiger partial charge >= 0.3 is 0 Å². The highest BCUT2D eigenvalue weighted by molar-refractivity contribution is 5.94. The number of hydrogen-bond donors (Lipinski definition) is 0. The smallest absolute Gasteiger partial charge is 0.254 e. The average molecular weight is 261 g/mol. The summed E-state index contributed by atoms with van der Waals surface area (Å²) in [6, 6.07) is 6.46. The second-order valence-electron chi connectivity index (χ2n) is 5.76. The largest absolute Gasteiger partial charge is 0.335 e. The number of fused-ring (bicyclic) bond motifs is 1. The van der Waals surface area contributed by atoms with Gasteiger partial charge in [0.05, 0.1) is 0 Å². The maximum atomic E-state index is 13.3. The monoisotopic (exact) mass is 261 g/mol. The van der Waals surface area contributed by atoms with E-state index in [1.165, 1.54) is 37.8 Å². The van der Waals surface area contributed by atoms with Crippen molar-refractivity contribution >= 4 is 5.91 Å². The topological polar surface area (TPSA) is 20.3 Å². The molecule has 1 aliphatic heterocycles. The number of benzene rings is 1. The molecule has 3 rings (SSSR count). The van der Waals surface area contributed by atoms with Gasteiger partial charge < -0.3 is 4.90 Å². The Morgan fingerprint density at radius 3 is 2.79 bits per heavy atom. The van der Waals surface area contributed by atoms with E-state index in [9.17, 15) is 9.18 Å². The van der Waals surface area contributed by atoms with Gasteiger partial charge in [-0.2, -0.15) is 0 Å². The molecule has 1 amide bonds. The lowest BCUT2D eigenvalue weighted by atomic mass is 9.78. The molecular weight excluding hydrogens is 241 g/mol. The zero-order valence-electron chi connectivity index (χ0n) is 11.1. The van der Waals surface area contributed by atoms with Crippen molar-refractivity contribution in [1.29, 1.82) is 0 Å². The summed E-state index contributed by atoms with van der Waals surface area (Å²) in [6.45, 7) is 0.830. The number of piperidine rings is 1. The Balaban J connectivity index is 1.82. The van der Waals surface area contributed by atoms with E-state index >= 15 is 0 Å². The SMILES string of the molecule is O=C(c1cccc(F)c1)N1CCCC2CCCCC21. The van der Waals surface area contributed by atoms with Crippen molar-refractivity contribution < 1.29 is 9.18 Å². The lowest BCUT2D eigenvalue weighted by Gasteiger charge is -2.44. The quantitative estimate of drug-likeness (QED) is 0.756. The van der Waals surface area contributed by atoms with Gasteiger partial charge in [0.15, 0.2) is 0 Å². The first-order valence-electron chi connectivity index (χ1n) is 7.32. The highest BCUT2D eigenvalue weighted by atomic mass is 19.1. The van der Waals surface area contributed by atoms with Crippen molar-refractivity contribution in [2.24, 2.45) is 5.92 Å². The normalized spacial score (nSPS) is 26.9. The van der Waals surface area contributed by atoms with Gasteiger partial charge in [-0.15, -0.1) is 0 Å². The van der Waals surface area contributed by atoms with Crippen LogP contribution in [-0.2, 0) is 0 Å². The average Bonchev–Trinajstić information content (AvgIpc) is 2.46. The third-order valence-corrected chi connectivity index (χ3v) is 4.58. The minimum Gasteiger partial charge on any atom is -0.335 e. The zero-order chi connectivity index (χ0) is 13.2. The van der Waals surface area contributed by atoms with E-state index in [4.69, 9.17) is 0 Å². The van der Waals surface area contributed by atoms with Crippen molar-refractivity contribution in [3.8, 4) is 0 Å². The second kappa shape index (κ2) is 5.32. The number of likely N-dealkylation sites (tertiary alicyclic amines) is 1. The molecule has 2 atom stereocenters. The molecular formula is C16H20FNO. The summed E-state index contributed by atoms with van der Waals surface area (Å²) in [7, 11) is 0. The second-order valence-corrected chi connectivity index (χ2v) is 5.76. The van der Waals surface area contributed by atoms with Crippen LogP contribution >= 0.6 is 0 Å². The standard InChI is InChI=1S/C16H20FNO/c17-14-8-3-6-13(11-14)16(19)18-10-4-7-12-5-1-2-9-15(12)18/h3,6,8,11-12,15H,1-2,4-5,7,9-10H2. The van der Waals surface area contributed by atoms with E-state index in [0.29, 0.717) is 17.5 Å². The molecule has 0 radical (unpaired) electrons. The molecule has 2 unspecified atom stereocenters. The van der Waals surface area contributed by atoms with Crippen molar-refractivity contribution in [1.82, 2.24) is 4.90 Å². The Hall–Kier alpha value is -1.38. The molecule has 3 heteroatoms. The minimum atomic E-state index is -0.331. The molecule has 2 nitrogen and oxygen atoms in total.